The highest BCUT2D eigenvalue weighted by Gasteiger charge is 2.16. The number of benzene rings is 2. The number of rotatable bonds is 7. The number of anilines is 2. The summed E-state index contributed by atoms with van der Waals surface area (Å²) < 4.78 is 1.82. The molecule has 1 heterocycles. The summed E-state index contributed by atoms with van der Waals surface area (Å²) in [5, 5.41) is 22.6. The number of hydrogen-bond acceptors (Lipinski definition) is 7. The van der Waals surface area contributed by atoms with E-state index in [1.807, 2.05) is 54.9 Å². The Balaban J connectivity index is 1.67. The second kappa shape index (κ2) is 9.14. The Morgan fingerprint density at radius 3 is 2.73 bits per heavy atom. The van der Waals surface area contributed by atoms with Crippen LogP contribution in [0.5, 0.6) is 0 Å². The predicted octanol–water partition coefficient (Wildman–Crippen LogP) is 3.84. The van der Waals surface area contributed by atoms with Gasteiger partial charge in [0.2, 0.25) is 5.91 Å². The van der Waals surface area contributed by atoms with E-state index in [1.165, 1.54) is 30.0 Å². The number of nitro benzene ring substituents is 1. The molecule has 0 unspecified atom stereocenters. The summed E-state index contributed by atoms with van der Waals surface area (Å²) in [6.07, 6.45) is 0. The molecule has 0 aliphatic carbocycles. The molecule has 3 rings (SSSR count). The van der Waals surface area contributed by atoms with E-state index in [1.54, 1.807) is 0 Å². The number of carbonyl (C=O) groups excluding carboxylic acids is 1. The molecule has 156 valence electrons. The molecule has 0 bridgehead atoms. The average Bonchev–Trinajstić information content (AvgIpc) is 3.08. The van der Waals surface area contributed by atoms with Gasteiger partial charge in [0.25, 0.3) is 5.69 Å². The highest BCUT2D eigenvalue weighted by Crippen LogP contribution is 2.28. The molecule has 1 amide bonds. The first-order valence-corrected chi connectivity index (χ1v) is 10.2. The van der Waals surface area contributed by atoms with E-state index in [-0.39, 0.29) is 22.4 Å². The van der Waals surface area contributed by atoms with Crippen molar-refractivity contribution in [2.45, 2.75) is 5.16 Å². The molecule has 0 fully saturated rings. The highest BCUT2D eigenvalue weighted by molar-refractivity contribution is 7.99. The lowest BCUT2D eigenvalue weighted by atomic mass is 10.2. The number of thioether (sulfide) groups is 1. The van der Waals surface area contributed by atoms with Crippen molar-refractivity contribution >= 4 is 46.3 Å². The van der Waals surface area contributed by atoms with Crippen LogP contribution in [0.2, 0.25) is 5.02 Å². The zero-order chi connectivity index (χ0) is 21.8. The maximum absolute atomic E-state index is 12.3. The monoisotopic (exact) mass is 446 g/mol. The minimum absolute atomic E-state index is 0.0114. The first-order chi connectivity index (χ1) is 14.3. The van der Waals surface area contributed by atoms with Crippen molar-refractivity contribution in [2.24, 2.45) is 7.05 Å². The van der Waals surface area contributed by atoms with E-state index in [0.717, 1.165) is 11.3 Å². The Morgan fingerprint density at radius 1 is 1.27 bits per heavy atom. The van der Waals surface area contributed by atoms with Crippen LogP contribution in [-0.2, 0) is 11.8 Å². The van der Waals surface area contributed by atoms with Crippen LogP contribution in [0.25, 0.3) is 11.4 Å². The highest BCUT2D eigenvalue weighted by atomic mass is 35.5. The van der Waals surface area contributed by atoms with Gasteiger partial charge in [-0.25, -0.2) is 0 Å². The molecule has 0 aliphatic heterocycles. The zero-order valence-electron chi connectivity index (χ0n) is 16.5. The Labute approximate surface area is 182 Å². The van der Waals surface area contributed by atoms with Crippen LogP contribution in [0.1, 0.15) is 0 Å². The van der Waals surface area contributed by atoms with Crippen LogP contribution >= 0.6 is 23.4 Å². The Bertz CT molecular complexity index is 1100. The van der Waals surface area contributed by atoms with Gasteiger partial charge in [-0.3, -0.25) is 14.9 Å². The standard InChI is InChI=1S/C19H19ClN6O3S/c1-24(2)14-6-4-5-12(9-14)18-22-23-19(25(18)3)30-11-17(27)21-13-7-8-15(20)16(10-13)26(28)29/h4-10H,11H2,1-3H3,(H,21,27). The Kier molecular flexibility index (Phi) is 6.58. The van der Waals surface area contributed by atoms with Crippen molar-refractivity contribution in [1.82, 2.24) is 14.8 Å². The molecule has 0 saturated heterocycles. The second-order valence-electron chi connectivity index (χ2n) is 6.57. The fourth-order valence-corrected chi connectivity index (χ4v) is 3.57. The molecule has 9 nitrogen and oxygen atoms in total. The number of carbonyl (C=O) groups is 1. The van der Waals surface area contributed by atoms with Gasteiger partial charge < -0.3 is 14.8 Å². The summed E-state index contributed by atoms with van der Waals surface area (Å²) in [5.74, 6) is 0.436. The normalized spacial score (nSPS) is 10.7. The minimum atomic E-state index is -0.598. The summed E-state index contributed by atoms with van der Waals surface area (Å²) in [6.45, 7) is 0. The Morgan fingerprint density at radius 2 is 2.03 bits per heavy atom. The number of nitrogens with zero attached hydrogens (tertiary/aromatic N) is 5. The molecule has 0 aliphatic rings. The predicted molar refractivity (Wildman–Crippen MR) is 118 cm³/mol. The van der Waals surface area contributed by atoms with Gasteiger partial charge >= 0.3 is 0 Å². The van der Waals surface area contributed by atoms with Gasteiger partial charge in [0.1, 0.15) is 5.02 Å². The van der Waals surface area contributed by atoms with E-state index in [0.29, 0.717) is 16.7 Å². The van der Waals surface area contributed by atoms with Crippen molar-refractivity contribution in [3.63, 3.8) is 0 Å². The number of amides is 1. The van der Waals surface area contributed by atoms with Crippen LogP contribution in [0.3, 0.4) is 0 Å². The molecule has 1 aromatic heterocycles. The smallest absolute Gasteiger partial charge is 0.289 e. The molecule has 30 heavy (non-hydrogen) atoms. The number of nitrogens with one attached hydrogen (secondary N) is 1. The molecule has 3 aromatic rings. The second-order valence-corrected chi connectivity index (χ2v) is 7.92. The van der Waals surface area contributed by atoms with Crippen LogP contribution in [-0.4, -0.2) is 45.4 Å². The summed E-state index contributed by atoms with van der Waals surface area (Å²) in [5.41, 5.74) is 2.00. The van der Waals surface area contributed by atoms with Crippen LogP contribution < -0.4 is 10.2 Å². The topological polar surface area (TPSA) is 106 Å². The third-order valence-electron chi connectivity index (χ3n) is 4.21. The van der Waals surface area contributed by atoms with E-state index in [9.17, 15) is 14.9 Å². The third kappa shape index (κ3) is 4.89. The fourth-order valence-electron chi connectivity index (χ4n) is 2.67. The van der Waals surface area contributed by atoms with Crippen LogP contribution in [0.15, 0.2) is 47.6 Å². The molecule has 0 atom stereocenters. The molecule has 0 saturated carbocycles. The lowest BCUT2D eigenvalue weighted by Gasteiger charge is -2.13. The van der Waals surface area contributed by atoms with Gasteiger partial charge in [0.05, 0.1) is 10.7 Å². The minimum Gasteiger partial charge on any atom is -0.378 e. The first-order valence-electron chi connectivity index (χ1n) is 8.80. The van der Waals surface area contributed by atoms with Crippen molar-refractivity contribution in [1.29, 1.82) is 0 Å². The summed E-state index contributed by atoms with van der Waals surface area (Å²) in [4.78, 5) is 24.6. The van der Waals surface area contributed by atoms with Crippen LogP contribution in [0.4, 0.5) is 17.1 Å². The molecule has 2 aromatic carbocycles. The van der Waals surface area contributed by atoms with Gasteiger partial charge in [0, 0.05) is 44.1 Å². The molecule has 0 radical (unpaired) electrons. The van der Waals surface area contributed by atoms with Gasteiger partial charge in [-0.15, -0.1) is 10.2 Å². The lowest BCUT2D eigenvalue weighted by molar-refractivity contribution is -0.384. The van der Waals surface area contributed by atoms with Crippen molar-refractivity contribution in [2.75, 3.05) is 30.1 Å². The van der Waals surface area contributed by atoms with E-state index < -0.39 is 4.92 Å². The lowest BCUT2D eigenvalue weighted by Crippen LogP contribution is -2.14. The number of aromatic nitrogens is 3. The largest absolute Gasteiger partial charge is 0.378 e. The van der Waals surface area contributed by atoms with Crippen molar-refractivity contribution in [3.05, 3.63) is 57.6 Å². The average molecular weight is 447 g/mol. The molecule has 1 N–H and O–H groups in total. The molecule has 11 heteroatoms. The fraction of sp³-hybridized carbons (Fsp3) is 0.211. The maximum Gasteiger partial charge on any atom is 0.289 e. The molecular weight excluding hydrogens is 428 g/mol. The van der Waals surface area contributed by atoms with Gasteiger partial charge in [-0.2, -0.15) is 0 Å². The third-order valence-corrected chi connectivity index (χ3v) is 5.55. The van der Waals surface area contributed by atoms with Crippen molar-refractivity contribution in [3.8, 4) is 11.4 Å². The Hall–Kier alpha value is -3.11. The number of hydrogen-bond donors (Lipinski definition) is 1. The van der Waals surface area contributed by atoms with Crippen LogP contribution in [0, 0.1) is 10.1 Å². The summed E-state index contributed by atoms with van der Waals surface area (Å²) >= 11 is 7.01. The SMILES string of the molecule is CN(C)c1cccc(-c2nnc(SCC(=O)Nc3ccc(Cl)c([N+](=O)[O-])c3)n2C)c1. The number of halogens is 1. The van der Waals surface area contributed by atoms with E-state index in [4.69, 9.17) is 11.6 Å². The summed E-state index contributed by atoms with van der Waals surface area (Å²) in [6, 6.07) is 12.0. The molecule has 0 spiro atoms. The quantitative estimate of drug-likeness (QED) is 0.334. The van der Waals surface area contributed by atoms with Gasteiger partial charge in [-0.1, -0.05) is 35.5 Å². The van der Waals surface area contributed by atoms with Gasteiger partial charge in [-0.05, 0) is 24.3 Å². The molecular formula is C19H19ClN6O3S. The first kappa shape index (κ1) is 21.6. The zero-order valence-corrected chi connectivity index (χ0v) is 18.1. The maximum atomic E-state index is 12.3. The van der Waals surface area contributed by atoms with E-state index >= 15 is 0 Å². The summed E-state index contributed by atoms with van der Waals surface area (Å²) in [7, 11) is 5.76. The van der Waals surface area contributed by atoms with E-state index in [2.05, 4.69) is 15.5 Å². The number of nitro groups is 1. The van der Waals surface area contributed by atoms with Gasteiger partial charge in [0.15, 0.2) is 11.0 Å². The van der Waals surface area contributed by atoms with Crippen molar-refractivity contribution < 1.29 is 9.72 Å².